The fraction of sp³-hybridized carbons (Fsp3) is 0.200. The number of para-hydroxylation sites is 1. The summed E-state index contributed by atoms with van der Waals surface area (Å²) >= 11 is 0. The molecule has 0 unspecified atom stereocenters. The number of aromatic nitrogens is 1. The van der Waals surface area contributed by atoms with Gasteiger partial charge in [-0.05, 0) is 19.9 Å². The predicted molar refractivity (Wildman–Crippen MR) is 75.1 cm³/mol. The Bertz CT molecular complexity index is 736. The molecule has 0 fully saturated rings. The van der Waals surface area contributed by atoms with Crippen LogP contribution in [0, 0.1) is 12.3 Å². The van der Waals surface area contributed by atoms with Crippen molar-refractivity contribution in [2.75, 3.05) is 0 Å². The van der Waals surface area contributed by atoms with Gasteiger partial charge in [0.2, 0.25) is 0 Å². The second-order valence-electron chi connectivity index (χ2n) is 4.52. The summed E-state index contributed by atoms with van der Waals surface area (Å²) < 4.78 is 0. The first kappa shape index (κ1) is 12.9. The normalized spacial score (nSPS) is 10.4. The summed E-state index contributed by atoms with van der Waals surface area (Å²) in [5.41, 5.74) is 0.503. The number of terminal acetylenes is 1. The van der Waals surface area contributed by atoms with Gasteiger partial charge in [0.05, 0.1) is 5.56 Å². The molecular weight excluding hydrogens is 240 g/mol. The van der Waals surface area contributed by atoms with Crippen molar-refractivity contribution in [3.63, 3.8) is 0 Å². The van der Waals surface area contributed by atoms with Crippen molar-refractivity contribution >= 4 is 16.8 Å². The monoisotopic (exact) mass is 254 g/mol. The third-order valence-corrected chi connectivity index (χ3v) is 2.71. The predicted octanol–water partition coefficient (Wildman–Crippen LogP) is 1.65. The molecule has 2 rings (SSSR count). The van der Waals surface area contributed by atoms with Crippen LogP contribution in [-0.2, 0) is 0 Å². The van der Waals surface area contributed by atoms with Crippen molar-refractivity contribution < 1.29 is 4.79 Å². The third kappa shape index (κ3) is 2.36. The van der Waals surface area contributed by atoms with E-state index in [1.807, 2.05) is 13.8 Å². The van der Waals surface area contributed by atoms with Crippen molar-refractivity contribution in [1.82, 2.24) is 10.3 Å². The topological polar surface area (TPSA) is 62.0 Å². The molecule has 0 aliphatic rings. The first-order valence-corrected chi connectivity index (χ1v) is 5.97. The largest absolute Gasteiger partial charge is 0.350 e. The summed E-state index contributed by atoms with van der Waals surface area (Å²) in [6.07, 6.45) is 5.36. The van der Waals surface area contributed by atoms with E-state index in [2.05, 4.69) is 16.2 Å². The lowest BCUT2D eigenvalue weighted by molar-refractivity contribution is 0.0944. The molecule has 1 aromatic heterocycles. The Kier molecular flexibility index (Phi) is 3.39. The molecule has 0 bridgehead atoms. The van der Waals surface area contributed by atoms with E-state index in [0.29, 0.717) is 10.9 Å². The molecule has 0 saturated carbocycles. The fourth-order valence-electron chi connectivity index (χ4n) is 1.95. The summed E-state index contributed by atoms with van der Waals surface area (Å²) in [5.74, 6) is 1.98. The molecule has 2 N–H and O–H groups in total. The number of hydrogen-bond acceptors (Lipinski definition) is 2. The van der Waals surface area contributed by atoms with Crippen LogP contribution in [0.4, 0.5) is 0 Å². The molecule has 0 spiro atoms. The van der Waals surface area contributed by atoms with Gasteiger partial charge in [-0.2, -0.15) is 0 Å². The van der Waals surface area contributed by atoms with Crippen LogP contribution >= 0.6 is 0 Å². The van der Waals surface area contributed by atoms with Crippen molar-refractivity contribution in [3.05, 3.63) is 45.7 Å². The van der Waals surface area contributed by atoms with E-state index < -0.39 is 5.56 Å². The van der Waals surface area contributed by atoms with Gasteiger partial charge in [0.15, 0.2) is 0 Å². The van der Waals surface area contributed by atoms with Gasteiger partial charge in [0, 0.05) is 16.9 Å². The maximum atomic E-state index is 12.2. The quantitative estimate of drug-likeness (QED) is 0.800. The molecule has 2 aromatic rings. The molecule has 0 saturated heterocycles. The van der Waals surface area contributed by atoms with E-state index in [9.17, 15) is 9.59 Å². The summed E-state index contributed by atoms with van der Waals surface area (Å²) in [6.45, 7) is 3.70. The van der Waals surface area contributed by atoms with Gasteiger partial charge in [0.1, 0.15) is 5.56 Å². The number of pyridine rings is 1. The first-order chi connectivity index (χ1) is 9.04. The van der Waals surface area contributed by atoms with Gasteiger partial charge in [-0.25, -0.2) is 0 Å². The number of carbonyl (C=O) groups excluding carboxylic acids is 1. The van der Waals surface area contributed by atoms with E-state index >= 15 is 0 Å². The summed E-state index contributed by atoms with van der Waals surface area (Å²) in [4.78, 5) is 26.8. The fourth-order valence-corrected chi connectivity index (χ4v) is 1.95. The molecule has 1 amide bonds. The van der Waals surface area contributed by atoms with Crippen molar-refractivity contribution in [2.45, 2.75) is 19.9 Å². The minimum absolute atomic E-state index is 0.0313. The molecule has 0 radical (unpaired) electrons. The van der Waals surface area contributed by atoms with E-state index in [-0.39, 0.29) is 23.1 Å². The number of rotatable bonds is 2. The third-order valence-electron chi connectivity index (χ3n) is 2.71. The molecule has 4 nitrogen and oxygen atoms in total. The van der Waals surface area contributed by atoms with Gasteiger partial charge < -0.3 is 10.3 Å². The van der Waals surface area contributed by atoms with Crippen LogP contribution < -0.4 is 10.9 Å². The standard InChI is InChI=1S/C15H14N2O2/c1-4-10-13(15(19)16-9(2)3)11-7-5-6-8-12(11)17-14(10)18/h1,5-9H,2-3H3,(H,16,19)(H,17,18). The number of fused-ring (bicyclic) bond motifs is 1. The summed E-state index contributed by atoms with van der Waals surface area (Å²) in [5, 5.41) is 3.41. The average molecular weight is 254 g/mol. The zero-order valence-corrected chi connectivity index (χ0v) is 10.8. The van der Waals surface area contributed by atoms with Crippen LogP contribution in [0.25, 0.3) is 10.9 Å². The molecular formula is C15H14N2O2. The SMILES string of the molecule is C#Cc1c(C(=O)NC(C)C)c2ccccc2[nH]c1=O. The summed E-state index contributed by atoms with van der Waals surface area (Å²) in [6, 6.07) is 7.06. The molecule has 0 aliphatic carbocycles. The van der Waals surface area contributed by atoms with Crippen molar-refractivity contribution in [1.29, 1.82) is 0 Å². The highest BCUT2D eigenvalue weighted by Crippen LogP contribution is 2.17. The highest BCUT2D eigenvalue weighted by atomic mass is 16.2. The molecule has 4 heteroatoms. The lowest BCUT2D eigenvalue weighted by atomic mass is 10.0. The summed E-state index contributed by atoms with van der Waals surface area (Å²) in [7, 11) is 0. The van der Waals surface area contributed by atoms with Crippen LogP contribution in [0.3, 0.4) is 0 Å². The Morgan fingerprint density at radius 1 is 1.37 bits per heavy atom. The molecule has 19 heavy (non-hydrogen) atoms. The van der Waals surface area contributed by atoms with E-state index in [4.69, 9.17) is 6.42 Å². The van der Waals surface area contributed by atoms with Gasteiger partial charge in [0.25, 0.3) is 11.5 Å². The zero-order chi connectivity index (χ0) is 14.0. The van der Waals surface area contributed by atoms with Crippen LogP contribution in [0.5, 0.6) is 0 Å². The maximum Gasteiger partial charge on any atom is 0.265 e. The highest BCUT2D eigenvalue weighted by Gasteiger charge is 2.18. The molecule has 0 aliphatic heterocycles. The average Bonchev–Trinajstić information content (AvgIpc) is 2.36. The zero-order valence-electron chi connectivity index (χ0n) is 10.8. The molecule has 0 atom stereocenters. The van der Waals surface area contributed by atoms with E-state index in [1.165, 1.54) is 0 Å². The molecule has 96 valence electrons. The second kappa shape index (κ2) is 4.99. The van der Waals surface area contributed by atoms with Gasteiger partial charge in [-0.1, -0.05) is 24.1 Å². The van der Waals surface area contributed by atoms with Crippen LogP contribution in [-0.4, -0.2) is 16.9 Å². The Morgan fingerprint density at radius 2 is 2.05 bits per heavy atom. The van der Waals surface area contributed by atoms with E-state index in [0.717, 1.165) is 0 Å². The Hall–Kier alpha value is -2.54. The number of nitrogens with one attached hydrogen (secondary N) is 2. The number of H-pyrrole nitrogens is 1. The number of aromatic amines is 1. The molecule has 1 aromatic carbocycles. The minimum atomic E-state index is -0.421. The van der Waals surface area contributed by atoms with Gasteiger partial charge >= 0.3 is 0 Å². The molecule has 1 heterocycles. The Morgan fingerprint density at radius 3 is 2.68 bits per heavy atom. The highest BCUT2D eigenvalue weighted by molar-refractivity contribution is 6.08. The van der Waals surface area contributed by atoms with Crippen LogP contribution in [0.1, 0.15) is 29.8 Å². The smallest absolute Gasteiger partial charge is 0.265 e. The first-order valence-electron chi connectivity index (χ1n) is 5.97. The van der Waals surface area contributed by atoms with Crippen LogP contribution in [0.15, 0.2) is 29.1 Å². The lowest BCUT2D eigenvalue weighted by Crippen LogP contribution is -2.32. The van der Waals surface area contributed by atoms with Gasteiger partial charge in [-0.3, -0.25) is 9.59 Å². The minimum Gasteiger partial charge on any atom is -0.350 e. The lowest BCUT2D eigenvalue weighted by Gasteiger charge is -2.12. The number of hydrogen-bond donors (Lipinski definition) is 2. The van der Waals surface area contributed by atoms with Crippen molar-refractivity contribution in [3.8, 4) is 12.3 Å². The Balaban J connectivity index is 2.79. The Labute approximate surface area is 110 Å². The van der Waals surface area contributed by atoms with Crippen molar-refractivity contribution in [2.24, 2.45) is 0 Å². The number of carbonyl (C=O) groups is 1. The van der Waals surface area contributed by atoms with Crippen LogP contribution in [0.2, 0.25) is 0 Å². The van der Waals surface area contributed by atoms with Gasteiger partial charge in [-0.15, -0.1) is 6.42 Å². The second-order valence-corrected chi connectivity index (χ2v) is 4.52. The number of amides is 1. The number of benzene rings is 1. The maximum absolute atomic E-state index is 12.2. The van der Waals surface area contributed by atoms with E-state index in [1.54, 1.807) is 24.3 Å².